The summed E-state index contributed by atoms with van der Waals surface area (Å²) in [6.45, 7) is 5.78. The molecule has 7 unspecified atom stereocenters. The molecule has 200 valence electrons. The summed E-state index contributed by atoms with van der Waals surface area (Å²) in [4.78, 5) is 69.1. The van der Waals surface area contributed by atoms with Crippen LogP contribution in [0.5, 0.6) is 5.75 Å². The summed E-state index contributed by atoms with van der Waals surface area (Å²) in [5.74, 6) is -11.3. The number of carbonyl (C=O) groups is 5. The van der Waals surface area contributed by atoms with Gasteiger partial charge in [0.25, 0.3) is 0 Å². The molecule has 2 fully saturated rings. The number of nitrogens with zero attached hydrogens (tertiary/aromatic N) is 1. The van der Waals surface area contributed by atoms with Crippen molar-refractivity contribution in [3.05, 3.63) is 23.3 Å². The Labute approximate surface area is 216 Å². The fourth-order valence-corrected chi connectivity index (χ4v) is 7.30. The maximum absolute atomic E-state index is 14.1. The molecule has 3 aliphatic rings. The van der Waals surface area contributed by atoms with Crippen molar-refractivity contribution in [1.29, 1.82) is 0 Å². The number of primary amides is 1. The lowest BCUT2D eigenvalue weighted by molar-refractivity contribution is -0.189. The maximum atomic E-state index is 14.1. The molecule has 0 spiro atoms. The highest BCUT2D eigenvalue weighted by molar-refractivity contribution is 6.32. The van der Waals surface area contributed by atoms with Gasteiger partial charge in [-0.15, -0.1) is 0 Å². The number of aliphatic hydroxyl groups is 1. The lowest BCUT2D eigenvalue weighted by Gasteiger charge is -2.56. The van der Waals surface area contributed by atoms with Crippen LogP contribution in [-0.4, -0.2) is 58.9 Å². The molecule has 9 nitrogen and oxygen atoms in total. The molecule has 0 aromatic heterocycles. The normalized spacial score (nSPS) is 33.2. The highest BCUT2D eigenvalue weighted by Gasteiger charge is 2.71. The zero-order chi connectivity index (χ0) is 27.6. The summed E-state index contributed by atoms with van der Waals surface area (Å²) in [5, 5.41) is 22.6. The molecule has 4 N–H and O–H groups in total. The molecule has 0 saturated heterocycles. The highest BCUT2D eigenvalue weighted by atomic mass is 16.3. The molecule has 1 aromatic carbocycles. The number of hydrogen-bond donors (Lipinski definition) is 3. The van der Waals surface area contributed by atoms with Crippen LogP contribution in [0.2, 0.25) is 0 Å². The average molecular weight is 513 g/mol. The van der Waals surface area contributed by atoms with Gasteiger partial charge in [0, 0.05) is 31.6 Å². The third-order valence-corrected chi connectivity index (χ3v) is 8.65. The summed E-state index contributed by atoms with van der Waals surface area (Å²) in [5.41, 5.74) is 4.10. The summed E-state index contributed by atoms with van der Waals surface area (Å²) < 4.78 is 0. The first-order valence-electron chi connectivity index (χ1n) is 13.0. The number of rotatable bonds is 6. The number of aromatic hydroxyl groups is 1. The predicted molar refractivity (Wildman–Crippen MR) is 135 cm³/mol. The summed E-state index contributed by atoms with van der Waals surface area (Å²) in [6, 6.07) is 3.11. The fraction of sp³-hybridized carbons (Fsp3) is 0.607. The molecule has 0 radical (unpaired) electrons. The van der Waals surface area contributed by atoms with Crippen LogP contribution in [-0.2, 0) is 25.6 Å². The van der Waals surface area contributed by atoms with Crippen molar-refractivity contribution in [2.75, 3.05) is 19.0 Å². The van der Waals surface area contributed by atoms with Crippen molar-refractivity contribution < 1.29 is 34.2 Å². The van der Waals surface area contributed by atoms with Crippen molar-refractivity contribution in [2.45, 2.75) is 52.1 Å². The smallest absolute Gasteiger partial charge is 0.235 e. The molecular weight excluding hydrogens is 476 g/mol. The van der Waals surface area contributed by atoms with Crippen LogP contribution in [0.4, 0.5) is 5.69 Å². The zero-order valence-corrected chi connectivity index (χ0v) is 22.0. The molecule has 37 heavy (non-hydrogen) atoms. The lowest BCUT2D eigenvalue weighted by atomic mass is 9.46. The van der Waals surface area contributed by atoms with Gasteiger partial charge in [0.15, 0.2) is 34.7 Å². The van der Waals surface area contributed by atoms with Gasteiger partial charge < -0.3 is 20.8 Å². The molecule has 1 aromatic rings. The summed E-state index contributed by atoms with van der Waals surface area (Å²) >= 11 is 0. The van der Waals surface area contributed by atoms with E-state index in [1.54, 1.807) is 6.07 Å². The molecule has 3 aliphatic carbocycles. The molecule has 7 atom stereocenters. The predicted octanol–water partition coefficient (Wildman–Crippen LogP) is 1.69. The maximum Gasteiger partial charge on any atom is 0.235 e. The second kappa shape index (κ2) is 9.35. The first-order chi connectivity index (χ1) is 17.3. The molecule has 2 saturated carbocycles. The van der Waals surface area contributed by atoms with Crippen molar-refractivity contribution in [3.63, 3.8) is 0 Å². The van der Waals surface area contributed by atoms with Crippen molar-refractivity contribution >= 4 is 34.7 Å². The minimum atomic E-state index is -2.68. The molecular formula is C28H36N2O7. The van der Waals surface area contributed by atoms with Gasteiger partial charge in [0.2, 0.25) is 5.91 Å². The van der Waals surface area contributed by atoms with Gasteiger partial charge in [0.05, 0.1) is 11.5 Å². The van der Waals surface area contributed by atoms with Gasteiger partial charge in [-0.3, -0.25) is 24.0 Å². The Morgan fingerprint density at radius 2 is 1.81 bits per heavy atom. The number of amides is 1. The van der Waals surface area contributed by atoms with E-state index in [-0.39, 0.29) is 30.1 Å². The quantitative estimate of drug-likeness (QED) is 0.487. The van der Waals surface area contributed by atoms with E-state index in [0.717, 1.165) is 5.69 Å². The van der Waals surface area contributed by atoms with E-state index in [4.69, 9.17) is 5.73 Å². The minimum Gasteiger partial charge on any atom is -0.507 e. The third-order valence-electron chi connectivity index (χ3n) is 8.65. The lowest BCUT2D eigenvalue weighted by Crippen LogP contribution is -2.73. The molecule has 0 bridgehead atoms. The largest absolute Gasteiger partial charge is 0.507 e. The third kappa shape index (κ3) is 3.81. The van der Waals surface area contributed by atoms with Crippen LogP contribution in [0.15, 0.2) is 12.1 Å². The molecule has 0 aliphatic heterocycles. The Hall–Kier alpha value is -3.07. The second-order valence-electron chi connectivity index (χ2n) is 11.5. The van der Waals surface area contributed by atoms with Crippen molar-refractivity contribution in [1.82, 2.24) is 0 Å². The number of nitrogens with two attached hydrogens (primary N) is 1. The fourth-order valence-electron chi connectivity index (χ4n) is 7.30. The number of benzene rings is 1. The van der Waals surface area contributed by atoms with Gasteiger partial charge in [-0.05, 0) is 54.7 Å². The average Bonchev–Trinajstić information content (AvgIpc) is 2.80. The number of phenolic OH excluding ortho intramolecular Hbond substituents is 1. The van der Waals surface area contributed by atoms with Crippen LogP contribution in [0, 0.1) is 41.4 Å². The van der Waals surface area contributed by atoms with Crippen LogP contribution in [0.25, 0.3) is 0 Å². The van der Waals surface area contributed by atoms with Crippen LogP contribution in [0.1, 0.15) is 56.0 Å². The molecule has 1 amide bonds. The van der Waals surface area contributed by atoms with Crippen LogP contribution in [0.3, 0.4) is 0 Å². The number of hydrogen-bond acceptors (Lipinski definition) is 8. The van der Waals surface area contributed by atoms with Crippen molar-refractivity contribution in [2.24, 2.45) is 47.2 Å². The van der Waals surface area contributed by atoms with E-state index >= 15 is 0 Å². The van der Waals surface area contributed by atoms with Gasteiger partial charge in [0.1, 0.15) is 5.75 Å². The Balaban J connectivity index is 1.99. The van der Waals surface area contributed by atoms with Gasteiger partial charge in [-0.2, -0.15) is 0 Å². The van der Waals surface area contributed by atoms with Gasteiger partial charge >= 0.3 is 0 Å². The van der Waals surface area contributed by atoms with Crippen LogP contribution < -0.4 is 10.6 Å². The number of fused-ring (bicyclic) bond motifs is 3. The Morgan fingerprint density at radius 3 is 2.35 bits per heavy atom. The van der Waals surface area contributed by atoms with Gasteiger partial charge in [-0.25, -0.2) is 0 Å². The minimum absolute atomic E-state index is 0.0158. The second-order valence-corrected chi connectivity index (χ2v) is 11.5. The number of phenols is 1. The summed E-state index contributed by atoms with van der Waals surface area (Å²) in [6.07, 6.45) is 1.53. The Morgan fingerprint density at radius 1 is 1.16 bits per heavy atom. The van der Waals surface area contributed by atoms with E-state index in [9.17, 15) is 34.2 Å². The number of Topliss-reactive ketones (excluding diaryl/α,β-unsaturated/α-hetero) is 4. The Bertz CT molecular complexity index is 1190. The van der Waals surface area contributed by atoms with E-state index in [2.05, 4.69) is 0 Å². The topological polar surface area (TPSA) is 155 Å². The van der Waals surface area contributed by atoms with E-state index < -0.39 is 70.1 Å². The first kappa shape index (κ1) is 27.0. The zero-order valence-electron chi connectivity index (χ0n) is 22.0. The number of ketones is 4. The van der Waals surface area contributed by atoms with E-state index in [1.807, 2.05) is 39.8 Å². The van der Waals surface area contributed by atoms with E-state index in [0.29, 0.717) is 18.4 Å². The first-order valence-corrected chi connectivity index (χ1v) is 13.0. The van der Waals surface area contributed by atoms with Crippen LogP contribution >= 0.6 is 0 Å². The molecule has 4 rings (SSSR count). The number of carbonyl (C=O) groups excluding carboxylic acids is 5. The molecule has 9 heteroatoms. The van der Waals surface area contributed by atoms with E-state index in [1.165, 1.54) is 6.07 Å². The number of anilines is 1. The molecule has 0 heterocycles. The SMILES string of the molecule is CCCC1C(=O)C(C(N)=O)C(=O)C2(O)C(=O)C3C(=O)c4c(O)ccc(N(C)C)c4CC3C(CC(C)C)C12. The summed E-state index contributed by atoms with van der Waals surface area (Å²) in [7, 11) is 3.64. The standard InChI is InChI=1S/C28H36N2O7/c1-6-7-13-22-15(10-12(2)3)14-11-16-17(30(4)5)8-9-18(31)19(16)24(33)20(14)25(34)28(22,37)26(35)21(23(13)32)27(29)36/h8-9,12-15,20-22,31,37H,6-7,10-11H2,1-5H3,(H2,29,36). The van der Waals surface area contributed by atoms with Gasteiger partial charge in [-0.1, -0.05) is 27.2 Å². The van der Waals surface area contributed by atoms with Crippen molar-refractivity contribution in [3.8, 4) is 5.75 Å². The Kier molecular flexibility index (Phi) is 6.82. The monoisotopic (exact) mass is 512 g/mol. The highest BCUT2D eigenvalue weighted by Crippen LogP contribution is 2.57.